The molecule has 142 valence electrons. The van der Waals surface area contributed by atoms with Gasteiger partial charge in [-0.3, -0.25) is 9.59 Å². The Bertz CT molecular complexity index is 821. The maximum atomic E-state index is 12.1. The molecule has 2 aromatic rings. The van der Waals surface area contributed by atoms with Gasteiger partial charge in [-0.1, -0.05) is 29.3 Å². The molecule has 0 saturated carbocycles. The van der Waals surface area contributed by atoms with E-state index in [9.17, 15) is 9.59 Å². The number of rotatable bonds is 6. The summed E-state index contributed by atoms with van der Waals surface area (Å²) in [7, 11) is 0. The van der Waals surface area contributed by atoms with E-state index >= 15 is 0 Å². The number of carbonyl (C=O) groups is 2. The minimum absolute atomic E-state index is 0.142. The average molecular weight is 407 g/mol. The highest BCUT2D eigenvalue weighted by atomic mass is 35.5. The number of anilines is 1. The van der Waals surface area contributed by atoms with Gasteiger partial charge in [-0.25, -0.2) is 4.98 Å². The van der Waals surface area contributed by atoms with Crippen LogP contribution in [0, 0.1) is 0 Å². The zero-order valence-corrected chi connectivity index (χ0v) is 16.2. The Morgan fingerprint density at radius 2 is 1.85 bits per heavy atom. The zero-order chi connectivity index (χ0) is 19.2. The maximum Gasteiger partial charge on any atom is 0.253 e. The molecule has 0 unspecified atom stereocenters. The summed E-state index contributed by atoms with van der Waals surface area (Å²) < 4.78 is 0. The van der Waals surface area contributed by atoms with Crippen molar-refractivity contribution in [1.29, 1.82) is 0 Å². The molecule has 27 heavy (non-hydrogen) atoms. The minimum Gasteiger partial charge on any atom is -0.357 e. The molecular formula is C19H20Cl2N4O2. The first-order chi connectivity index (χ1) is 13.0. The number of halogens is 2. The van der Waals surface area contributed by atoms with Crippen LogP contribution in [0.25, 0.3) is 0 Å². The molecule has 2 N–H and O–H groups in total. The lowest BCUT2D eigenvalue weighted by Gasteiger charge is -2.16. The number of benzene rings is 1. The van der Waals surface area contributed by atoms with Gasteiger partial charge in [-0.05, 0) is 42.7 Å². The van der Waals surface area contributed by atoms with Crippen LogP contribution >= 0.6 is 23.2 Å². The van der Waals surface area contributed by atoms with Crippen molar-refractivity contribution in [3.05, 3.63) is 57.7 Å². The Balaban J connectivity index is 1.44. The first-order valence-corrected chi connectivity index (χ1v) is 9.48. The van der Waals surface area contributed by atoms with E-state index in [1.54, 1.807) is 12.3 Å². The number of pyridine rings is 1. The van der Waals surface area contributed by atoms with Crippen LogP contribution in [0.15, 0.2) is 36.5 Å². The Morgan fingerprint density at radius 1 is 1.07 bits per heavy atom. The Kier molecular flexibility index (Phi) is 6.53. The van der Waals surface area contributed by atoms with E-state index in [0.717, 1.165) is 24.5 Å². The van der Waals surface area contributed by atoms with Gasteiger partial charge in [0.05, 0.1) is 17.1 Å². The molecule has 0 spiro atoms. The number of aromatic nitrogens is 1. The Hall–Kier alpha value is -2.31. The smallest absolute Gasteiger partial charge is 0.253 e. The van der Waals surface area contributed by atoms with Crippen molar-refractivity contribution in [2.75, 3.05) is 24.5 Å². The molecule has 0 bridgehead atoms. The fraction of sp³-hybridized carbons (Fsp3) is 0.316. The van der Waals surface area contributed by atoms with E-state index in [2.05, 4.69) is 20.5 Å². The molecule has 2 amide bonds. The normalized spacial score (nSPS) is 13.5. The van der Waals surface area contributed by atoms with Crippen molar-refractivity contribution < 1.29 is 9.59 Å². The number of nitrogens with zero attached hydrogens (tertiary/aromatic N) is 2. The van der Waals surface area contributed by atoms with Crippen LogP contribution in [-0.4, -0.2) is 36.4 Å². The van der Waals surface area contributed by atoms with Crippen molar-refractivity contribution >= 4 is 40.8 Å². The summed E-state index contributed by atoms with van der Waals surface area (Å²) in [5.41, 5.74) is 1.17. The van der Waals surface area contributed by atoms with Gasteiger partial charge in [0.15, 0.2) is 0 Å². The molecule has 0 atom stereocenters. The van der Waals surface area contributed by atoms with Crippen LogP contribution in [0.3, 0.4) is 0 Å². The first-order valence-electron chi connectivity index (χ1n) is 8.73. The second-order valence-corrected chi connectivity index (χ2v) is 7.15. The fourth-order valence-electron chi connectivity index (χ4n) is 2.85. The van der Waals surface area contributed by atoms with Crippen LogP contribution < -0.4 is 15.5 Å². The summed E-state index contributed by atoms with van der Waals surface area (Å²) in [6.07, 6.45) is 4.17. The molecule has 8 heteroatoms. The minimum atomic E-state index is -0.427. The van der Waals surface area contributed by atoms with Gasteiger partial charge in [-0.15, -0.1) is 0 Å². The van der Waals surface area contributed by atoms with Crippen molar-refractivity contribution in [3.8, 4) is 0 Å². The van der Waals surface area contributed by atoms with Crippen LogP contribution in [0.2, 0.25) is 10.0 Å². The molecule has 0 radical (unpaired) electrons. The molecule has 1 aliphatic heterocycles. The third kappa shape index (κ3) is 5.34. The largest absolute Gasteiger partial charge is 0.357 e. The second kappa shape index (κ2) is 9.06. The van der Waals surface area contributed by atoms with E-state index < -0.39 is 5.91 Å². The van der Waals surface area contributed by atoms with Crippen LogP contribution in [0.5, 0.6) is 0 Å². The molecular weight excluding hydrogens is 387 g/mol. The van der Waals surface area contributed by atoms with Gasteiger partial charge < -0.3 is 15.5 Å². The summed E-state index contributed by atoms with van der Waals surface area (Å²) in [6, 6.07) is 8.49. The van der Waals surface area contributed by atoms with Crippen LogP contribution in [-0.2, 0) is 11.3 Å². The van der Waals surface area contributed by atoms with Gasteiger partial charge >= 0.3 is 0 Å². The Labute approximate surface area is 167 Å². The molecule has 1 aromatic carbocycles. The van der Waals surface area contributed by atoms with Gasteiger partial charge in [0, 0.05) is 30.9 Å². The molecule has 6 nitrogen and oxygen atoms in total. The molecule has 1 saturated heterocycles. The maximum absolute atomic E-state index is 12.1. The van der Waals surface area contributed by atoms with E-state index in [0.29, 0.717) is 11.6 Å². The van der Waals surface area contributed by atoms with Crippen molar-refractivity contribution in [2.45, 2.75) is 19.4 Å². The highest BCUT2D eigenvalue weighted by Crippen LogP contribution is 2.20. The highest BCUT2D eigenvalue weighted by molar-refractivity contribution is 6.36. The highest BCUT2D eigenvalue weighted by Gasteiger charge is 2.14. The summed E-state index contributed by atoms with van der Waals surface area (Å²) in [5.74, 6) is 0.246. The molecule has 2 heterocycles. The monoisotopic (exact) mass is 406 g/mol. The quantitative estimate of drug-likeness (QED) is 0.772. The SMILES string of the molecule is O=C(CNC(=O)c1ccc(Cl)cc1Cl)NCc1ccc(N2CCCC2)nc1. The average Bonchev–Trinajstić information content (AvgIpc) is 3.19. The van der Waals surface area contributed by atoms with Crippen molar-refractivity contribution in [3.63, 3.8) is 0 Å². The lowest BCUT2D eigenvalue weighted by Crippen LogP contribution is -2.36. The van der Waals surface area contributed by atoms with E-state index in [1.807, 2.05) is 12.1 Å². The zero-order valence-electron chi connectivity index (χ0n) is 14.7. The predicted molar refractivity (Wildman–Crippen MR) is 106 cm³/mol. The van der Waals surface area contributed by atoms with E-state index in [1.165, 1.54) is 25.0 Å². The second-order valence-electron chi connectivity index (χ2n) is 6.30. The topological polar surface area (TPSA) is 74.3 Å². The molecule has 1 aliphatic rings. The lowest BCUT2D eigenvalue weighted by molar-refractivity contribution is -0.120. The summed E-state index contributed by atoms with van der Waals surface area (Å²) >= 11 is 11.8. The van der Waals surface area contributed by atoms with Crippen LogP contribution in [0.1, 0.15) is 28.8 Å². The van der Waals surface area contributed by atoms with Crippen molar-refractivity contribution in [2.24, 2.45) is 0 Å². The van der Waals surface area contributed by atoms with Crippen LogP contribution in [0.4, 0.5) is 5.82 Å². The Morgan fingerprint density at radius 3 is 2.52 bits per heavy atom. The number of hydrogen-bond acceptors (Lipinski definition) is 4. The molecule has 1 fully saturated rings. The lowest BCUT2D eigenvalue weighted by atomic mass is 10.2. The molecule has 0 aliphatic carbocycles. The van der Waals surface area contributed by atoms with Gasteiger partial charge in [0.25, 0.3) is 5.91 Å². The summed E-state index contributed by atoms with van der Waals surface area (Å²) in [6.45, 7) is 2.29. The molecule has 3 rings (SSSR count). The summed E-state index contributed by atoms with van der Waals surface area (Å²) in [4.78, 5) is 30.7. The third-order valence-electron chi connectivity index (χ3n) is 4.31. The van der Waals surface area contributed by atoms with Gasteiger partial charge in [0.2, 0.25) is 5.91 Å². The standard InChI is InChI=1S/C19H20Cl2N4O2/c20-14-4-5-15(16(21)9-14)19(27)24-12-18(26)23-11-13-3-6-17(22-10-13)25-7-1-2-8-25/h3-6,9-10H,1-2,7-8,11-12H2,(H,23,26)(H,24,27). The van der Waals surface area contributed by atoms with Gasteiger partial charge in [0.1, 0.15) is 5.82 Å². The molecule has 1 aromatic heterocycles. The van der Waals surface area contributed by atoms with Crippen molar-refractivity contribution in [1.82, 2.24) is 15.6 Å². The number of amides is 2. The number of carbonyl (C=O) groups excluding carboxylic acids is 2. The third-order valence-corrected chi connectivity index (χ3v) is 4.86. The van der Waals surface area contributed by atoms with E-state index in [-0.39, 0.29) is 23.0 Å². The predicted octanol–water partition coefficient (Wildman–Crippen LogP) is 3.03. The number of hydrogen-bond donors (Lipinski definition) is 2. The first kappa shape index (κ1) is 19.5. The number of nitrogens with one attached hydrogen (secondary N) is 2. The van der Waals surface area contributed by atoms with E-state index in [4.69, 9.17) is 23.2 Å². The van der Waals surface area contributed by atoms with Gasteiger partial charge in [-0.2, -0.15) is 0 Å². The fourth-order valence-corrected chi connectivity index (χ4v) is 3.34. The summed E-state index contributed by atoms with van der Waals surface area (Å²) in [5, 5.41) is 5.98.